The predicted octanol–water partition coefficient (Wildman–Crippen LogP) is 5.50. The Bertz CT molecular complexity index is 1160. The van der Waals surface area contributed by atoms with E-state index in [0.29, 0.717) is 29.8 Å². The Kier molecular flexibility index (Phi) is 8.42. The number of halogens is 1. The second-order valence-corrected chi connectivity index (χ2v) is 12.3. The second-order valence-electron chi connectivity index (χ2n) is 10.6. The molecule has 2 heterocycles. The van der Waals surface area contributed by atoms with Gasteiger partial charge in [-0.2, -0.15) is 0 Å². The molecule has 1 aliphatic carbocycles. The van der Waals surface area contributed by atoms with Crippen LogP contribution in [-0.2, 0) is 22.1 Å². The lowest BCUT2D eigenvalue weighted by Gasteiger charge is -2.44. The van der Waals surface area contributed by atoms with Gasteiger partial charge in [0.15, 0.2) is 0 Å². The summed E-state index contributed by atoms with van der Waals surface area (Å²) in [6, 6.07) is 11.8. The van der Waals surface area contributed by atoms with Crippen molar-refractivity contribution in [1.82, 2.24) is 4.72 Å². The summed E-state index contributed by atoms with van der Waals surface area (Å²) in [5.41, 5.74) is 4.00. The molecule has 37 heavy (non-hydrogen) atoms. The zero-order valence-corrected chi connectivity index (χ0v) is 23.3. The minimum atomic E-state index is -1.42. The molecule has 2 aromatic rings. The van der Waals surface area contributed by atoms with Crippen LogP contribution in [0.2, 0.25) is 5.02 Å². The Hall–Kier alpha value is -2.09. The number of ether oxygens (including phenoxy) is 2. The highest BCUT2D eigenvalue weighted by Gasteiger charge is 2.39. The number of benzene rings is 2. The molecule has 2 bridgehead atoms. The fourth-order valence-corrected chi connectivity index (χ4v) is 7.23. The predicted molar refractivity (Wildman–Crippen MR) is 149 cm³/mol. The van der Waals surface area contributed by atoms with Gasteiger partial charge in [0.2, 0.25) is 0 Å². The van der Waals surface area contributed by atoms with Gasteiger partial charge in [-0.25, -0.2) is 4.21 Å². The maximum atomic E-state index is 13.0. The molecule has 200 valence electrons. The number of aryl methyl sites for hydroxylation is 1. The number of rotatable bonds is 4. The van der Waals surface area contributed by atoms with E-state index in [-0.39, 0.29) is 17.9 Å². The van der Waals surface area contributed by atoms with Crippen LogP contribution >= 0.6 is 11.6 Å². The van der Waals surface area contributed by atoms with Gasteiger partial charge in [-0.15, -0.1) is 0 Å². The molecule has 1 fully saturated rings. The highest BCUT2D eigenvalue weighted by atomic mass is 35.5. The number of nitrogens with zero attached hydrogens (tertiary/aromatic N) is 1. The number of methoxy groups -OCH3 is 1. The maximum Gasteiger partial charge on any atom is 0.263 e. The number of hydrogen-bond acceptors (Lipinski definition) is 5. The topological polar surface area (TPSA) is 67.9 Å². The third kappa shape index (κ3) is 5.84. The lowest BCUT2D eigenvalue weighted by atomic mass is 9.69. The van der Waals surface area contributed by atoms with Crippen molar-refractivity contribution in [3.8, 4) is 5.75 Å². The molecule has 2 aliphatic heterocycles. The van der Waals surface area contributed by atoms with E-state index in [1.165, 1.54) is 11.1 Å². The van der Waals surface area contributed by atoms with Gasteiger partial charge in [0, 0.05) is 42.5 Å². The Morgan fingerprint density at radius 2 is 2.03 bits per heavy atom. The summed E-state index contributed by atoms with van der Waals surface area (Å²) in [7, 11) is 0.370. The third-order valence-corrected chi connectivity index (χ3v) is 9.55. The van der Waals surface area contributed by atoms with Crippen molar-refractivity contribution in [2.45, 2.75) is 57.5 Å². The van der Waals surface area contributed by atoms with Crippen LogP contribution in [0.25, 0.3) is 0 Å². The minimum Gasteiger partial charge on any atom is -0.491 e. The largest absolute Gasteiger partial charge is 0.491 e. The number of amides is 1. The average molecular weight is 545 g/mol. The van der Waals surface area contributed by atoms with Crippen LogP contribution in [0.5, 0.6) is 5.75 Å². The number of anilines is 1. The van der Waals surface area contributed by atoms with Crippen molar-refractivity contribution in [3.63, 3.8) is 0 Å². The Balaban J connectivity index is 1.52. The summed E-state index contributed by atoms with van der Waals surface area (Å²) in [6.45, 7) is 4.44. The molecule has 5 atom stereocenters. The van der Waals surface area contributed by atoms with Gasteiger partial charge < -0.3 is 14.4 Å². The molecule has 5 rings (SSSR count). The number of carbonyl (C=O) groups is 1. The van der Waals surface area contributed by atoms with E-state index in [2.05, 4.69) is 28.7 Å². The molecule has 1 N–H and O–H groups in total. The number of carbonyl (C=O) groups excluding carboxylic acids is 1. The van der Waals surface area contributed by atoms with Gasteiger partial charge in [0.05, 0.1) is 18.4 Å². The summed E-state index contributed by atoms with van der Waals surface area (Å²) in [4.78, 5) is 15.4. The molecule has 1 amide bonds. The van der Waals surface area contributed by atoms with Gasteiger partial charge in [-0.3, -0.25) is 9.52 Å². The quantitative estimate of drug-likeness (QED) is 0.550. The molecular formula is C29H37ClN2O4S. The van der Waals surface area contributed by atoms with Crippen LogP contribution in [0.4, 0.5) is 5.69 Å². The van der Waals surface area contributed by atoms with Crippen LogP contribution in [0.1, 0.15) is 66.4 Å². The summed E-state index contributed by atoms with van der Waals surface area (Å²) in [5.74, 6) is 2.07. The third-order valence-electron chi connectivity index (χ3n) is 8.24. The van der Waals surface area contributed by atoms with Gasteiger partial charge in [0.25, 0.3) is 5.91 Å². The van der Waals surface area contributed by atoms with E-state index in [9.17, 15) is 9.00 Å². The normalized spacial score (nSPS) is 28.1. The van der Waals surface area contributed by atoms with Crippen molar-refractivity contribution >= 4 is 34.2 Å². The molecule has 5 unspecified atom stereocenters. The molecule has 8 heteroatoms. The monoisotopic (exact) mass is 544 g/mol. The first kappa shape index (κ1) is 26.5. The standard InChI is InChI=1S/C29H37ClN2O4S/c1-3-5-19-14-23(30)9-11-24(19)22-17-32-16-21-7-10-25(21)27(35-2)6-4-13-37(34)31-29(33)20-8-12-28(36-18-22)26(32)15-20/h8-9,11-12,14-15,21-22,25,27H,3-7,10,13,16-18H2,1-2H3,(H,31,33). The number of hydrogen-bond donors (Lipinski definition) is 1. The van der Waals surface area contributed by atoms with Crippen LogP contribution in [-0.4, -0.2) is 48.8 Å². The van der Waals surface area contributed by atoms with Crippen molar-refractivity contribution in [2.75, 3.05) is 37.5 Å². The van der Waals surface area contributed by atoms with Crippen molar-refractivity contribution in [2.24, 2.45) is 11.8 Å². The molecule has 0 saturated heterocycles. The lowest BCUT2D eigenvalue weighted by Crippen LogP contribution is -2.45. The van der Waals surface area contributed by atoms with Gasteiger partial charge in [-0.1, -0.05) is 31.0 Å². The second kappa shape index (κ2) is 11.7. The Morgan fingerprint density at radius 3 is 2.78 bits per heavy atom. The van der Waals surface area contributed by atoms with Crippen molar-refractivity contribution < 1.29 is 18.5 Å². The van der Waals surface area contributed by atoms with Crippen molar-refractivity contribution in [3.05, 3.63) is 58.1 Å². The first-order valence-corrected chi connectivity index (χ1v) is 15.2. The van der Waals surface area contributed by atoms with Crippen LogP contribution < -0.4 is 14.4 Å². The van der Waals surface area contributed by atoms with Crippen molar-refractivity contribution in [1.29, 1.82) is 0 Å². The summed E-state index contributed by atoms with van der Waals surface area (Å²) in [5, 5.41) is 0.763. The average Bonchev–Trinajstić information content (AvgIpc) is 3.04. The molecule has 0 spiro atoms. The first-order valence-electron chi connectivity index (χ1n) is 13.5. The number of fused-ring (bicyclic) bond motifs is 2. The molecule has 3 aliphatic rings. The van der Waals surface area contributed by atoms with E-state index >= 15 is 0 Å². The molecule has 0 radical (unpaired) electrons. The maximum absolute atomic E-state index is 13.0. The summed E-state index contributed by atoms with van der Waals surface area (Å²) >= 11 is 6.37. The smallest absolute Gasteiger partial charge is 0.263 e. The van der Waals surface area contributed by atoms with Gasteiger partial charge in [-0.05, 0) is 85.4 Å². The molecule has 0 aromatic heterocycles. The van der Waals surface area contributed by atoms with Gasteiger partial charge >= 0.3 is 0 Å². The van der Waals surface area contributed by atoms with E-state index in [0.717, 1.165) is 68.1 Å². The zero-order valence-electron chi connectivity index (χ0n) is 21.7. The van der Waals surface area contributed by atoms with E-state index in [4.69, 9.17) is 21.1 Å². The van der Waals surface area contributed by atoms with E-state index in [1.54, 1.807) is 13.2 Å². The van der Waals surface area contributed by atoms with Crippen LogP contribution in [0.3, 0.4) is 0 Å². The van der Waals surface area contributed by atoms with Crippen LogP contribution in [0.15, 0.2) is 36.4 Å². The number of nitrogens with one attached hydrogen (secondary N) is 1. The SMILES string of the molecule is CCCc1cc(Cl)ccc1C1COc2ccc3cc2N(C1)CC1CCC1C(OC)CCCS(=O)NC3=O. The Morgan fingerprint density at radius 1 is 1.16 bits per heavy atom. The Labute approximate surface area is 227 Å². The zero-order chi connectivity index (χ0) is 25.9. The van der Waals surface area contributed by atoms with E-state index < -0.39 is 11.0 Å². The fraction of sp³-hybridized carbons (Fsp3) is 0.552. The minimum absolute atomic E-state index is 0.145. The molecule has 1 saturated carbocycles. The van der Waals surface area contributed by atoms with Crippen LogP contribution in [0, 0.1) is 11.8 Å². The van der Waals surface area contributed by atoms with Gasteiger partial charge in [0.1, 0.15) is 16.7 Å². The first-order chi connectivity index (χ1) is 18.0. The molecular weight excluding hydrogens is 508 g/mol. The van der Waals surface area contributed by atoms with E-state index in [1.807, 2.05) is 18.2 Å². The molecule has 6 nitrogen and oxygen atoms in total. The summed E-state index contributed by atoms with van der Waals surface area (Å²) < 4.78 is 27.6. The fourth-order valence-electron chi connectivity index (χ4n) is 6.18. The highest BCUT2D eigenvalue weighted by Crippen LogP contribution is 2.43. The molecule has 2 aromatic carbocycles. The highest BCUT2D eigenvalue weighted by molar-refractivity contribution is 7.83. The summed E-state index contributed by atoms with van der Waals surface area (Å²) in [6.07, 6.45) is 6.10. The lowest BCUT2D eigenvalue weighted by molar-refractivity contribution is -0.0207.